The van der Waals surface area contributed by atoms with Crippen LogP contribution in [0.2, 0.25) is 0 Å². The molecule has 1 aliphatic heterocycles. The Morgan fingerprint density at radius 1 is 0.889 bits per heavy atom. The average Bonchev–Trinajstić information content (AvgIpc) is 2.65. The van der Waals surface area contributed by atoms with Gasteiger partial charge in [-0.1, -0.05) is 12.1 Å². The van der Waals surface area contributed by atoms with Crippen LogP contribution in [0.3, 0.4) is 0 Å². The number of carbonyl (C=O) groups excluding carboxylic acids is 1. The molecule has 1 heterocycles. The fourth-order valence-corrected chi connectivity index (χ4v) is 4.57. The molecule has 0 aromatic heterocycles. The molecule has 0 saturated carbocycles. The molecule has 0 bridgehead atoms. The predicted octanol–water partition coefficient (Wildman–Crippen LogP) is 2.90. The van der Waals surface area contributed by atoms with E-state index in [2.05, 4.69) is 0 Å². The van der Waals surface area contributed by atoms with Crippen LogP contribution in [0.1, 0.15) is 27.0 Å². The molecule has 3 rings (SSSR count). The van der Waals surface area contributed by atoms with Crippen molar-refractivity contribution in [2.24, 2.45) is 0 Å². The van der Waals surface area contributed by atoms with Gasteiger partial charge in [-0.2, -0.15) is 4.31 Å². The number of carbonyl (C=O) groups is 1. The number of aryl methyl sites for hydroxylation is 3. The van der Waals surface area contributed by atoms with Crippen LogP contribution in [0, 0.1) is 26.6 Å². The average molecular weight is 390 g/mol. The summed E-state index contributed by atoms with van der Waals surface area (Å²) in [6.07, 6.45) is 0. The number of piperazine rings is 1. The molecule has 1 saturated heterocycles. The van der Waals surface area contributed by atoms with E-state index in [0.29, 0.717) is 5.56 Å². The first-order valence-corrected chi connectivity index (χ1v) is 10.3. The van der Waals surface area contributed by atoms with Crippen LogP contribution < -0.4 is 0 Å². The Morgan fingerprint density at radius 3 is 2.11 bits per heavy atom. The zero-order chi connectivity index (χ0) is 19.8. The third-order valence-corrected chi connectivity index (χ3v) is 6.96. The van der Waals surface area contributed by atoms with Crippen molar-refractivity contribution >= 4 is 15.9 Å². The zero-order valence-electron chi connectivity index (χ0n) is 15.7. The second-order valence-corrected chi connectivity index (χ2v) is 8.84. The van der Waals surface area contributed by atoms with Crippen molar-refractivity contribution in [1.82, 2.24) is 9.21 Å². The van der Waals surface area contributed by atoms with E-state index < -0.39 is 15.8 Å². The molecule has 0 radical (unpaired) electrons. The molecule has 2 aromatic rings. The topological polar surface area (TPSA) is 57.7 Å². The molecule has 7 heteroatoms. The van der Waals surface area contributed by atoms with Gasteiger partial charge in [-0.3, -0.25) is 4.79 Å². The zero-order valence-corrected chi connectivity index (χ0v) is 16.5. The van der Waals surface area contributed by atoms with E-state index in [-0.39, 0.29) is 42.5 Å². The molecular weight excluding hydrogens is 367 g/mol. The highest BCUT2D eigenvalue weighted by Crippen LogP contribution is 2.21. The maximum absolute atomic E-state index is 13.7. The van der Waals surface area contributed by atoms with Crippen LogP contribution in [-0.2, 0) is 10.0 Å². The lowest BCUT2D eigenvalue weighted by Gasteiger charge is -2.34. The lowest BCUT2D eigenvalue weighted by Crippen LogP contribution is -2.50. The molecule has 1 fully saturated rings. The van der Waals surface area contributed by atoms with Gasteiger partial charge in [0.05, 0.1) is 4.90 Å². The highest BCUT2D eigenvalue weighted by atomic mass is 32.2. The van der Waals surface area contributed by atoms with Crippen molar-refractivity contribution < 1.29 is 17.6 Å². The standard InChI is InChI=1S/C20H23FN2O3S/c1-14-5-7-18(12-16(14)3)27(25,26)23-10-8-22(9-11-23)20(24)17-6-4-15(2)19(21)13-17/h4-7,12-13H,8-11H2,1-3H3. The third-order valence-electron chi connectivity index (χ3n) is 5.06. The third kappa shape index (κ3) is 3.89. The van der Waals surface area contributed by atoms with Gasteiger partial charge in [-0.25, -0.2) is 12.8 Å². The minimum Gasteiger partial charge on any atom is -0.336 e. The van der Waals surface area contributed by atoms with Crippen LogP contribution in [0.5, 0.6) is 0 Å². The molecule has 27 heavy (non-hydrogen) atoms. The molecule has 0 spiro atoms. The Balaban J connectivity index is 1.71. The van der Waals surface area contributed by atoms with Gasteiger partial charge in [0.15, 0.2) is 0 Å². The highest BCUT2D eigenvalue weighted by molar-refractivity contribution is 7.89. The summed E-state index contributed by atoms with van der Waals surface area (Å²) in [7, 11) is -3.59. The molecule has 1 aliphatic rings. The Bertz CT molecular complexity index is 981. The van der Waals surface area contributed by atoms with Crippen LogP contribution in [0.4, 0.5) is 4.39 Å². The molecule has 1 amide bonds. The number of hydrogen-bond acceptors (Lipinski definition) is 3. The van der Waals surface area contributed by atoms with Crippen LogP contribution in [0.25, 0.3) is 0 Å². The van der Waals surface area contributed by atoms with Crippen molar-refractivity contribution in [3.63, 3.8) is 0 Å². The second kappa shape index (κ2) is 7.40. The van der Waals surface area contributed by atoms with Crippen molar-refractivity contribution in [2.75, 3.05) is 26.2 Å². The smallest absolute Gasteiger partial charge is 0.254 e. The Labute approximate surface area is 159 Å². The summed E-state index contributed by atoms with van der Waals surface area (Å²) in [5, 5.41) is 0. The van der Waals surface area contributed by atoms with Gasteiger partial charge in [0.25, 0.3) is 5.91 Å². The van der Waals surface area contributed by atoms with E-state index in [1.165, 1.54) is 10.4 Å². The number of rotatable bonds is 3. The highest BCUT2D eigenvalue weighted by Gasteiger charge is 2.30. The molecule has 0 atom stereocenters. The Hall–Kier alpha value is -2.25. The molecule has 2 aromatic carbocycles. The maximum Gasteiger partial charge on any atom is 0.254 e. The fraction of sp³-hybridized carbons (Fsp3) is 0.350. The number of halogens is 1. The van der Waals surface area contributed by atoms with E-state index >= 15 is 0 Å². The van der Waals surface area contributed by atoms with E-state index in [1.54, 1.807) is 42.2 Å². The van der Waals surface area contributed by atoms with E-state index in [0.717, 1.165) is 11.1 Å². The molecule has 0 unspecified atom stereocenters. The summed E-state index contributed by atoms with van der Waals surface area (Å²) in [5.74, 6) is -0.700. The number of nitrogens with zero attached hydrogens (tertiary/aromatic N) is 2. The van der Waals surface area contributed by atoms with Crippen LogP contribution >= 0.6 is 0 Å². The first kappa shape index (κ1) is 19.5. The van der Waals surface area contributed by atoms with Gasteiger partial charge in [0, 0.05) is 31.7 Å². The Kier molecular flexibility index (Phi) is 5.35. The van der Waals surface area contributed by atoms with Crippen molar-refractivity contribution in [3.8, 4) is 0 Å². The fourth-order valence-electron chi connectivity index (χ4n) is 3.06. The minimum atomic E-state index is -3.59. The van der Waals surface area contributed by atoms with Crippen molar-refractivity contribution in [3.05, 3.63) is 64.5 Å². The summed E-state index contributed by atoms with van der Waals surface area (Å²) in [6.45, 7) is 6.44. The lowest BCUT2D eigenvalue weighted by atomic mass is 10.1. The van der Waals surface area contributed by atoms with Gasteiger partial charge in [0.2, 0.25) is 10.0 Å². The van der Waals surface area contributed by atoms with E-state index in [1.807, 2.05) is 13.8 Å². The van der Waals surface area contributed by atoms with Crippen molar-refractivity contribution in [2.45, 2.75) is 25.7 Å². The van der Waals surface area contributed by atoms with Gasteiger partial charge >= 0.3 is 0 Å². The lowest BCUT2D eigenvalue weighted by molar-refractivity contribution is 0.0697. The number of benzene rings is 2. The quantitative estimate of drug-likeness (QED) is 0.810. The predicted molar refractivity (Wildman–Crippen MR) is 102 cm³/mol. The van der Waals surface area contributed by atoms with E-state index in [4.69, 9.17) is 0 Å². The number of amides is 1. The van der Waals surface area contributed by atoms with Crippen LogP contribution in [0.15, 0.2) is 41.3 Å². The number of hydrogen-bond donors (Lipinski definition) is 0. The Morgan fingerprint density at radius 2 is 1.52 bits per heavy atom. The second-order valence-electron chi connectivity index (χ2n) is 6.91. The van der Waals surface area contributed by atoms with E-state index in [9.17, 15) is 17.6 Å². The molecule has 144 valence electrons. The summed E-state index contributed by atoms with van der Waals surface area (Å²) in [5.41, 5.74) is 2.72. The normalized spacial score (nSPS) is 15.8. The summed E-state index contributed by atoms with van der Waals surface area (Å²) in [4.78, 5) is 14.4. The molecule has 0 aliphatic carbocycles. The maximum atomic E-state index is 13.7. The minimum absolute atomic E-state index is 0.218. The van der Waals surface area contributed by atoms with Gasteiger partial charge in [0.1, 0.15) is 5.82 Å². The van der Waals surface area contributed by atoms with Crippen LogP contribution in [-0.4, -0.2) is 49.7 Å². The van der Waals surface area contributed by atoms with Crippen molar-refractivity contribution in [1.29, 1.82) is 0 Å². The van der Waals surface area contributed by atoms with Gasteiger partial charge in [-0.05, 0) is 61.7 Å². The first-order valence-electron chi connectivity index (χ1n) is 8.83. The summed E-state index contributed by atoms with van der Waals surface area (Å²) >= 11 is 0. The summed E-state index contributed by atoms with van der Waals surface area (Å²) in [6, 6.07) is 9.49. The number of sulfonamides is 1. The largest absolute Gasteiger partial charge is 0.336 e. The monoisotopic (exact) mass is 390 g/mol. The summed E-state index contributed by atoms with van der Waals surface area (Å²) < 4.78 is 40.8. The van der Waals surface area contributed by atoms with Gasteiger partial charge in [-0.15, -0.1) is 0 Å². The first-order chi connectivity index (χ1) is 12.7. The molecule has 0 N–H and O–H groups in total. The SMILES string of the molecule is Cc1ccc(S(=O)(=O)N2CCN(C(=O)c3ccc(C)c(F)c3)CC2)cc1C. The molecule has 5 nitrogen and oxygen atoms in total. The molecular formula is C20H23FN2O3S. The van der Waals surface area contributed by atoms with Gasteiger partial charge < -0.3 is 4.90 Å².